The quantitative estimate of drug-likeness (QED) is 0.829. The number of rotatable bonds is 5. The zero-order valence-electron chi connectivity index (χ0n) is 15.0. The molecule has 3 rings (SSSR count). The van der Waals surface area contributed by atoms with Gasteiger partial charge < -0.3 is 19.3 Å². The molecule has 0 aliphatic carbocycles. The minimum Gasteiger partial charge on any atom is -0.384 e. The van der Waals surface area contributed by atoms with Gasteiger partial charge in [0.05, 0.1) is 24.7 Å². The van der Waals surface area contributed by atoms with Crippen LogP contribution in [0, 0.1) is 6.92 Å². The van der Waals surface area contributed by atoms with Crippen LogP contribution in [-0.2, 0) is 14.3 Å². The highest BCUT2D eigenvalue weighted by atomic mass is 16.5. The maximum atomic E-state index is 12.2. The van der Waals surface area contributed by atoms with Crippen molar-refractivity contribution < 1.29 is 14.3 Å². The normalized spacial score (nSPS) is 22.5. The number of methoxy groups -OCH3 is 2. The molecule has 0 aromatic heterocycles. The van der Waals surface area contributed by atoms with Crippen LogP contribution < -0.4 is 4.90 Å². The van der Waals surface area contributed by atoms with Crippen molar-refractivity contribution in [2.24, 2.45) is 0 Å². The first-order valence-corrected chi connectivity index (χ1v) is 8.74. The molecule has 1 atom stereocenters. The van der Waals surface area contributed by atoms with Crippen molar-refractivity contribution in [1.29, 1.82) is 0 Å². The molecule has 2 heterocycles. The van der Waals surface area contributed by atoms with E-state index in [1.165, 1.54) is 11.3 Å². The van der Waals surface area contributed by atoms with E-state index in [4.69, 9.17) is 9.47 Å². The minimum atomic E-state index is 0.0298. The van der Waals surface area contributed by atoms with Crippen molar-refractivity contribution in [1.82, 2.24) is 4.90 Å². The summed E-state index contributed by atoms with van der Waals surface area (Å²) in [6.45, 7) is 5.13. The van der Waals surface area contributed by atoms with E-state index in [2.05, 4.69) is 36.1 Å². The number of piperidine rings is 1. The Morgan fingerprint density at radius 3 is 2.46 bits per heavy atom. The van der Waals surface area contributed by atoms with Crippen molar-refractivity contribution >= 4 is 11.6 Å². The molecular formula is C19H28N2O3. The van der Waals surface area contributed by atoms with Gasteiger partial charge in [0.1, 0.15) is 0 Å². The second-order valence-corrected chi connectivity index (χ2v) is 6.90. The first-order chi connectivity index (χ1) is 11.6. The number of nitrogens with zero attached hydrogens (tertiary/aromatic N) is 2. The van der Waals surface area contributed by atoms with Crippen LogP contribution in [0.2, 0.25) is 0 Å². The number of anilines is 1. The lowest BCUT2D eigenvalue weighted by Crippen LogP contribution is -2.74. The molecule has 24 heavy (non-hydrogen) atoms. The topological polar surface area (TPSA) is 42.0 Å². The predicted molar refractivity (Wildman–Crippen MR) is 94.4 cm³/mol. The predicted octanol–water partition coefficient (Wildman–Crippen LogP) is 2.23. The molecule has 0 radical (unpaired) electrons. The summed E-state index contributed by atoms with van der Waals surface area (Å²) < 4.78 is 10.8. The van der Waals surface area contributed by atoms with Gasteiger partial charge in [0.15, 0.2) is 0 Å². The molecule has 0 N–H and O–H groups in total. The Bertz CT molecular complexity index is 564. The van der Waals surface area contributed by atoms with Crippen LogP contribution in [0.3, 0.4) is 0 Å². The molecule has 1 amide bonds. The Kier molecular flexibility index (Phi) is 5.11. The van der Waals surface area contributed by atoms with E-state index < -0.39 is 0 Å². The molecular weight excluding hydrogens is 304 g/mol. The van der Waals surface area contributed by atoms with E-state index in [-0.39, 0.29) is 17.6 Å². The number of hydrogen-bond donors (Lipinski definition) is 0. The van der Waals surface area contributed by atoms with Crippen LogP contribution in [0.15, 0.2) is 24.3 Å². The number of benzene rings is 1. The van der Waals surface area contributed by atoms with Crippen LogP contribution in [0.1, 0.15) is 24.8 Å². The Morgan fingerprint density at radius 1 is 1.21 bits per heavy atom. The number of carbonyl (C=O) groups excluding carboxylic acids is 1. The number of amides is 1. The van der Waals surface area contributed by atoms with Gasteiger partial charge in [-0.15, -0.1) is 0 Å². The third-order valence-electron chi connectivity index (χ3n) is 5.62. The molecule has 1 aromatic carbocycles. The number of aryl methyl sites for hydroxylation is 1. The van der Waals surface area contributed by atoms with Crippen molar-refractivity contribution in [3.8, 4) is 0 Å². The number of ether oxygens (including phenoxy) is 2. The van der Waals surface area contributed by atoms with Gasteiger partial charge >= 0.3 is 0 Å². The fraction of sp³-hybridized carbons (Fsp3) is 0.632. The first kappa shape index (κ1) is 17.2. The molecule has 2 aliphatic heterocycles. The second-order valence-electron chi connectivity index (χ2n) is 6.90. The molecule has 1 spiro atoms. The summed E-state index contributed by atoms with van der Waals surface area (Å²) in [6.07, 6.45) is 2.63. The number of hydrogen-bond acceptors (Lipinski definition) is 4. The molecule has 0 saturated carbocycles. The summed E-state index contributed by atoms with van der Waals surface area (Å²) >= 11 is 0. The molecule has 1 aromatic rings. The first-order valence-electron chi connectivity index (χ1n) is 8.74. The Hall–Kier alpha value is -1.59. The monoisotopic (exact) mass is 332 g/mol. The molecule has 2 fully saturated rings. The van der Waals surface area contributed by atoms with Crippen LogP contribution in [0.4, 0.5) is 5.69 Å². The summed E-state index contributed by atoms with van der Waals surface area (Å²) in [5.74, 6) is 0.196. The van der Waals surface area contributed by atoms with Gasteiger partial charge in [-0.1, -0.05) is 17.7 Å². The molecule has 1 unspecified atom stereocenters. The van der Waals surface area contributed by atoms with Crippen molar-refractivity contribution in [3.63, 3.8) is 0 Å². The average Bonchev–Trinajstić information content (AvgIpc) is 2.61. The fourth-order valence-corrected chi connectivity index (χ4v) is 4.04. The van der Waals surface area contributed by atoms with E-state index in [9.17, 15) is 4.79 Å². The van der Waals surface area contributed by atoms with Crippen molar-refractivity contribution in [3.05, 3.63) is 29.8 Å². The highest BCUT2D eigenvalue weighted by Gasteiger charge is 2.55. The fourth-order valence-electron chi connectivity index (χ4n) is 4.04. The third kappa shape index (κ3) is 3.03. The Morgan fingerprint density at radius 2 is 1.88 bits per heavy atom. The number of carbonyl (C=O) groups is 1. The molecule has 0 bridgehead atoms. The van der Waals surface area contributed by atoms with E-state index in [1.54, 1.807) is 14.2 Å². The molecule has 5 nitrogen and oxygen atoms in total. The third-order valence-corrected chi connectivity index (χ3v) is 5.62. The van der Waals surface area contributed by atoms with Gasteiger partial charge in [-0.05, 0) is 31.9 Å². The minimum absolute atomic E-state index is 0.0298. The summed E-state index contributed by atoms with van der Waals surface area (Å²) in [6, 6.07) is 8.71. The zero-order chi connectivity index (χ0) is 17.2. The standard InChI is InChI=1S/C19H28N2O3/c1-15-4-6-16(7-5-15)21-14-17(24-3)19(21)9-11-20(12-10-19)18(22)8-13-23-2/h4-7,17H,8-14H2,1-3H3. The SMILES string of the molecule is COCCC(=O)N1CCC2(CC1)C(OC)CN2c1ccc(C)cc1. The van der Waals surface area contributed by atoms with Crippen molar-refractivity contribution in [2.75, 3.05) is 45.4 Å². The highest BCUT2D eigenvalue weighted by molar-refractivity contribution is 5.76. The Labute approximate surface area is 144 Å². The molecule has 2 saturated heterocycles. The van der Waals surface area contributed by atoms with Gasteiger partial charge in [-0.2, -0.15) is 0 Å². The lowest BCUT2D eigenvalue weighted by molar-refractivity contribution is -0.136. The molecule has 2 aliphatic rings. The summed E-state index contributed by atoms with van der Waals surface area (Å²) in [7, 11) is 3.44. The van der Waals surface area contributed by atoms with E-state index in [0.29, 0.717) is 13.0 Å². The highest BCUT2D eigenvalue weighted by Crippen LogP contribution is 2.44. The van der Waals surface area contributed by atoms with E-state index >= 15 is 0 Å². The van der Waals surface area contributed by atoms with E-state index in [0.717, 1.165) is 32.5 Å². The number of likely N-dealkylation sites (tertiary alicyclic amines) is 1. The largest absolute Gasteiger partial charge is 0.384 e. The maximum absolute atomic E-state index is 12.2. The Balaban J connectivity index is 1.69. The van der Waals surface area contributed by atoms with E-state index in [1.807, 2.05) is 4.90 Å². The van der Waals surface area contributed by atoms with Crippen LogP contribution >= 0.6 is 0 Å². The second kappa shape index (κ2) is 7.11. The molecule has 5 heteroatoms. The van der Waals surface area contributed by atoms with Gasteiger partial charge in [0.25, 0.3) is 0 Å². The zero-order valence-corrected chi connectivity index (χ0v) is 15.0. The summed E-state index contributed by atoms with van der Waals surface area (Å²) in [4.78, 5) is 16.7. The van der Waals surface area contributed by atoms with Gasteiger partial charge in [0.2, 0.25) is 5.91 Å². The van der Waals surface area contributed by atoms with Crippen LogP contribution in [-0.4, -0.2) is 62.9 Å². The van der Waals surface area contributed by atoms with Crippen LogP contribution in [0.5, 0.6) is 0 Å². The summed E-state index contributed by atoms with van der Waals surface area (Å²) in [5.41, 5.74) is 2.56. The van der Waals surface area contributed by atoms with Gasteiger partial charge in [-0.25, -0.2) is 0 Å². The lowest BCUT2D eigenvalue weighted by Gasteiger charge is -2.61. The van der Waals surface area contributed by atoms with Gasteiger partial charge in [-0.3, -0.25) is 4.79 Å². The lowest BCUT2D eigenvalue weighted by atomic mass is 9.73. The molecule has 132 valence electrons. The summed E-state index contributed by atoms with van der Waals surface area (Å²) in [5, 5.41) is 0. The smallest absolute Gasteiger partial charge is 0.224 e. The van der Waals surface area contributed by atoms with Crippen molar-refractivity contribution in [2.45, 2.75) is 37.8 Å². The van der Waals surface area contributed by atoms with Gasteiger partial charge in [0, 0.05) is 39.5 Å². The maximum Gasteiger partial charge on any atom is 0.224 e. The average molecular weight is 332 g/mol. The van der Waals surface area contributed by atoms with Crippen LogP contribution in [0.25, 0.3) is 0 Å².